The number of H-pyrrole nitrogens is 1. The number of carboxylic acids is 1. The fourth-order valence-electron chi connectivity index (χ4n) is 18.5. The molecular weight excluding hydrogens is 2000 g/mol. The van der Waals surface area contributed by atoms with Gasteiger partial charge in [0.05, 0.1) is 78.3 Å². The lowest BCUT2D eigenvalue weighted by Crippen LogP contribution is -2.12. The van der Waals surface area contributed by atoms with Gasteiger partial charge in [-0.15, -0.1) is 17.0 Å². The normalized spacial score (nSPS) is 11.5. The van der Waals surface area contributed by atoms with Crippen LogP contribution in [-0.4, -0.2) is 100 Å². The van der Waals surface area contributed by atoms with Crippen LogP contribution in [0.25, 0.3) is 193 Å². The van der Waals surface area contributed by atoms with Crippen molar-refractivity contribution in [2.45, 2.75) is 66.2 Å². The molecule has 12 aromatic carbocycles. The molecule has 0 spiro atoms. The molecule has 0 radical (unpaired) electrons. The summed E-state index contributed by atoms with van der Waals surface area (Å²) >= 11 is 12.4. The number of ether oxygens (including phenoxy) is 2. The van der Waals surface area contributed by atoms with E-state index in [0.717, 1.165) is 195 Å². The van der Waals surface area contributed by atoms with Gasteiger partial charge in [-0.25, -0.2) is 49.8 Å². The summed E-state index contributed by atoms with van der Waals surface area (Å²) in [4.78, 5) is 58.8. The highest BCUT2D eigenvalue weighted by atomic mass is 79.9. The number of methoxy groups -OCH3 is 1. The van der Waals surface area contributed by atoms with Crippen LogP contribution >= 0.6 is 60.4 Å². The summed E-state index contributed by atoms with van der Waals surface area (Å²) in [5.41, 5.74) is 22.9. The van der Waals surface area contributed by atoms with E-state index in [1.165, 1.54) is 43.9 Å². The van der Waals surface area contributed by atoms with Gasteiger partial charge in [-0.2, -0.15) is 0 Å². The van der Waals surface area contributed by atoms with Gasteiger partial charge in [0, 0.05) is 114 Å². The molecule has 0 fully saturated rings. The number of phenols is 1. The zero-order valence-electron chi connectivity index (χ0n) is 79.1. The number of hydrogen-bond acceptors (Lipinski definition) is 14. The van der Waals surface area contributed by atoms with Crippen molar-refractivity contribution in [3.05, 3.63) is 402 Å². The molecule has 15 heterocycles. The maximum atomic E-state index is 9.88. The Labute approximate surface area is 852 Å². The van der Waals surface area contributed by atoms with E-state index >= 15 is 0 Å². The van der Waals surface area contributed by atoms with Crippen LogP contribution in [0, 0.1) is 6.92 Å². The molecule has 25 heteroatoms. The van der Waals surface area contributed by atoms with Gasteiger partial charge in [-0.3, -0.25) is 27.1 Å². The van der Waals surface area contributed by atoms with Gasteiger partial charge in [0.1, 0.15) is 78.9 Å². The SMILES string of the molecule is Br.CC(=O)O.CC(C)(C)c1ccnc(-n2c3ccccc3c3ccc(Br)cc32)c1.CC(C)(C)c1ccnc(-n2c3ccccc3c3ccc(Oc4ccc5c6cccnc6n6c7ccccc7nc6c5c4)cc32)c1.COc1ccc2c3cccnc3n3c4ccccc4nc3c2c1.Cc1cccc(-c2nc3ccccc3[nH]2)c1.Clc1cccnc1Br.Oc1ccc2c3cccnc3n3c4ccccc4nc3c2c1. The molecule has 0 aliphatic heterocycles. The number of nitrogens with zero attached hydrogens (tertiary/aromatic N) is 15. The Bertz CT molecular complexity index is 9560. The summed E-state index contributed by atoms with van der Waals surface area (Å²) in [7, 11) is 1.68. The van der Waals surface area contributed by atoms with E-state index in [2.05, 4.69) is 308 Å². The average molecular weight is 2090 g/mol. The van der Waals surface area contributed by atoms with E-state index < -0.39 is 5.97 Å². The van der Waals surface area contributed by atoms with Crippen molar-refractivity contribution in [2.24, 2.45) is 0 Å². The molecule has 0 bridgehead atoms. The number of halogens is 4. The van der Waals surface area contributed by atoms with Crippen molar-refractivity contribution in [3.63, 3.8) is 0 Å². The molecule has 0 unspecified atom stereocenters. The van der Waals surface area contributed by atoms with Crippen LogP contribution in [0.2, 0.25) is 5.02 Å². The van der Waals surface area contributed by atoms with Crippen molar-refractivity contribution >= 4 is 237 Å². The van der Waals surface area contributed by atoms with Crippen LogP contribution in [0.4, 0.5) is 0 Å². The Hall–Kier alpha value is -16.4. The maximum absolute atomic E-state index is 9.88. The summed E-state index contributed by atoms with van der Waals surface area (Å²) in [5, 5.41) is 32.3. The number of aromatic hydroxyl groups is 1. The number of fused-ring (bicyclic) bond motifs is 31. The number of aromatic amines is 1. The lowest BCUT2D eigenvalue weighted by Gasteiger charge is -2.20. The van der Waals surface area contributed by atoms with E-state index in [4.69, 9.17) is 55.9 Å². The number of nitrogens with one attached hydrogen (secondary N) is 1. The molecule has 27 rings (SSSR count). The second-order valence-electron chi connectivity index (χ2n) is 36.5. The Morgan fingerprint density at radius 2 is 0.755 bits per heavy atom. The minimum Gasteiger partial charge on any atom is -0.508 e. The van der Waals surface area contributed by atoms with Crippen molar-refractivity contribution < 1.29 is 24.5 Å². The lowest BCUT2D eigenvalue weighted by atomic mass is 9.88. The number of carbonyl (C=O) groups is 1. The molecule has 0 aliphatic carbocycles. The molecule has 143 heavy (non-hydrogen) atoms. The third-order valence-corrected chi connectivity index (χ3v) is 26.7. The smallest absolute Gasteiger partial charge is 0.300 e. The number of para-hydroxylation sites is 10. The summed E-state index contributed by atoms with van der Waals surface area (Å²) in [5.74, 6) is 4.53. The number of pyridine rings is 9. The second-order valence-corrected chi connectivity index (χ2v) is 38.5. The number of aliphatic carboxylic acids is 1. The average Bonchev–Trinajstić information content (AvgIpc) is 1.61. The highest BCUT2D eigenvalue weighted by Crippen LogP contribution is 2.43. The number of hydrogen-bond donors (Lipinski definition) is 3. The fourth-order valence-corrected chi connectivity index (χ4v) is 19.2. The first-order valence-electron chi connectivity index (χ1n) is 46.2. The van der Waals surface area contributed by atoms with Crippen molar-refractivity contribution in [1.29, 1.82) is 0 Å². The van der Waals surface area contributed by atoms with Crippen LogP contribution in [0.5, 0.6) is 23.0 Å². The minimum absolute atomic E-state index is 0. The molecule has 27 aromatic rings. The van der Waals surface area contributed by atoms with Gasteiger partial charge >= 0.3 is 0 Å². The Morgan fingerprint density at radius 3 is 1.22 bits per heavy atom. The quantitative estimate of drug-likeness (QED) is 0.104. The second kappa shape index (κ2) is 39.4. The molecule has 3 N–H and O–H groups in total. The predicted octanol–water partition coefficient (Wildman–Crippen LogP) is 30.8. The third kappa shape index (κ3) is 18.4. The first-order valence-corrected chi connectivity index (χ1v) is 48.2. The molecule has 15 aromatic heterocycles. The van der Waals surface area contributed by atoms with Crippen molar-refractivity contribution in [3.8, 4) is 46.0 Å². The minimum atomic E-state index is -0.833. The van der Waals surface area contributed by atoms with E-state index in [1.807, 2.05) is 158 Å². The fraction of sp³-hybridized carbons (Fsp3) is 0.0932. The van der Waals surface area contributed by atoms with Crippen LogP contribution in [-0.2, 0) is 15.6 Å². The highest BCUT2D eigenvalue weighted by molar-refractivity contribution is 9.10. The van der Waals surface area contributed by atoms with E-state index in [-0.39, 0.29) is 33.6 Å². The Morgan fingerprint density at radius 1 is 0.357 bits per heavy atom. The number of aryl methyl sites for hydroxylation is 1. The van der Waals surface area contributed by atoms with Crippen LogP contribution in [0.3, 0.4) is 0 Å². The summed E-state index contributed by atoms with van der Waals surface area (Å²) in [6.45, 7) is 16.6. The van der Waals surface area contributed by atoms with Gasteiger partial charge in [0.25, 0.3) is 5.97 Å². The Kier molecular flexibility index (Phi) is 25.9. The maximum Gasteiger partial charge on any atom is 0.300 e. The topological polar surface area (TPSA) is 244 Å². The predicted molar refractivity (Wildman–Crippen MR) is 594 cm³/mol. The molecule has 0 amide bonds. The Balaban J connectivity index is 0.000000110. The molecule has 0 aliphatic rings. The largest absolute Gasteiger partial charge is 0.508 e. The van der Waals surface area contributed by atoms with Gasteiger partial charge in [-0.1, -0.05) is 184 Å². The number of rotatable bonds is 6. The zero-order chi connectivity index (χ0) is 97.8. The molecule has 0 atom stereocenters. The number of carboxylic acid groups (broad SMARTS) is 1. The van der Waals surface area contributed by atoms with Crippen LogP contribution in [0.15, 0.2) is 380 Å². The van der Waals surface area contributed by atoms with Crippen molar-refractivity contribution in [1.82, 2.24) is 77.2 Å². The van der Waals surface area contributed by atoms with Crippen LogP contribution in [0.1, 0.15) is 65.2 Å². The van der Waals surface area contributed by atoms with Gasteiger partial charge in [-0.05, 0) is 279 Å². The summed E-state index contributed by atoms with van der Waals surface area (Å²) in [6.07, 6.45) is 11.0. The summed E-state index contributed by atoms with van der Waals surface area (Å²) in [6, 6.07) is 113. The summed E-state index contributed by atoms with van der Waals surface area (Å²) < 4.78 is 24.6. The zero-order valence-corrected chi connectivity index (χ0v) is 84.7. The first-order chi connectivity index (χ1) is 68.9. The van der Waals surface area contributed by atoms with E-state index in [9.17, 15) is 5.11 Å². The third-order valence-electron chi connectivity index (χ3n) is 25.1. The molecule has 702 valence electrons. The van der Waals surface area contributed by atoms with Gasteiger partial charge in [0.2, 0.25) is 0 Å². The number of phenolic OH excluding ortho intramolecular Hbond substituents is 1. The van der Waals surface area contributed by atoms with E-state index in [1.54, 1.807) is 43.8 Å². The van der Waals surface area contributed by atoms with Gasteiger partial charge in [0.15, 0.2) is 0 Å². The van der Waals surface area contributed by atoms with Crippen LogP contribution < -0.4 is 9.47 Å². The van der Waals surface area contributed by atoms with Gasteiger partial charge < -0.3 is 24.7 Å². The standard InChI is InChI=1S/C39H29N5O.C21H19BrN2.C19H13N3O.C18H11N3O.C14H12N2.C5H3BrClN.C2H4O2.BrH/c1-39(2,3)24-18-20-40-36(21-24)43-33-12-6-4-9-28(33)29-17-15-26(23-35(29)43)45-25-14-16-27-30-10-8-19-41-37(30)44-34-13-7-5-11-32(34)42-38(44)31(27)22-25;1-21(2,3)14-10-11-23-20(12-14)24-18-7-5-4-6-16(18)17-9-8-15(22)13-19(17)24;1-23-12-8-9-13-14-5-4-10-20-18(14)22-17-7-3-2-6-16(17)21-19(22)15(13)11-12;22-11-7-8-12-13-4-3-9-19-17(13)21-16-6-2-1-5-15(16)20-18(21)14(12)10-11;1-10-5-4-6-11(9-10)14-15-12-7-2-3-8-13(12)16-14;6-5-4(7)2-1-3-8-5;1-2(3)4;/h4-23H,1-3H3;4-13H,1-3H3;2-11H,1H3;1-10,22H;2-9H,1H3,(H,15,16);1-3H;1H3,(H,3,4);1H. The molecular formula is C118H92Br3ClN16O5. The number of imidazole rings is 4. The molecule has 21 nitrogen and oxygen atoms in total. The number of aromatic nitrogens is 16. The monoisotopic (exact) mass is 2080 g/mol. The van der Waals surface area contributed by atoms with Crippen molar-refractivity contribution in [2.75, 3.05) is 7.11 Å². The molecule has 0 saturated carbocycles. The van der Waals surface area contributed by atoms with E-state index in [0.29, 0.717) is 9.63 Å². The highest BCUT2D eigenvalue weighted by Gasteiger charge is 2.24. The molecule has 0 saturated heterocycles. The number of benzene rings is 12. The lowest BCUT2D eigenvalue weighted by molar-refractivity contribution is -0.134. The first kappa shape index (κ1) is 94.2.